The Morgan fingerprint density at radius 3 is 1.39 bits per heavy atom. The van der Waals surface area contributed by atoms with Crippen molar-refractivity contribution in [3.05, 3.63) is 85.1 Å². The molecule has 0 fully saturated rings. The molecule has 0 aromatic rings. The Hall–Kier alpha value is -2.81. The summed E-state index contributed by atoms with van der Waals surface area (Å²) in [5.41, 5.74) is 0. The number of phosphoric ester groups is 1. The van der Waals surface area contributed by atoms with Crippen molar-refractivity contribution >= 4 is 19.7 Å². The van der Waals surface area contributed by atoms with Crippen LogP contribution in [0.2, 0.25) is 0 Å². The number of amides is 1. The van der Waals surface area contributed by atoms with Crippen LogP contribution in [-0.2, 0) is 27.9 Å². The number of hydrogen-bond donors (Lipinski definition) is 3. The summed E-state index contributed by atoms with van der Waals surface area (Å²) in [5.74, 6) is -0.539. The van der Waals surface area contributed by atoms with E-state index in [2.05, 4.69) is 104 Å². The minimum atomic E-state index is -4.43. The molecule has 0 heterocycles. The molecule has 0 bridgehead atoms. The third-order valence-electron chi connectivity index (χ3n) is 10.1. The fourth-order valence-corrected chi connectivity index (χ4v) is 7.14. The number of aliphatic hydroxyl groups is 1. The SMILES string of the molecule is CC/C=C\C/C=C\C/C=C\C/C=C\C/C=C\CCCCCCCCCC(=O)OCC(O)COP(=O)(O)OCCNC(=O)CCCCCCCCC/C=C\C/C=C\CCCCCC. The standard InChI is InChI=1S/C52H90NO8P/c1-3-5-7-9-11-13-15-17-19-21-23-24-25-26-27-29-31-33-35-37-39-41-43-45-52(56)59-48-50(54)49-61-62(57,58)60-47-46-53-51(55)44-42-40-38-36-34-32-30-28-22-20-18-16-14-12-10-8-6-4-2/h5,7,11,13-14,16-17,19-20,22-24,26-27,50,54H,3-4,6,8-10,12,15,18,21,25,28-49H2,1-2H3,(H,53,55)(H,57,58)/b7-5-,13-11-,16-14-,19-17-,22-20-,24-23-,27-26-. The van der Waals surface area contributed by atoms with Gasteiger partial charge in [0.1, 0.15) is 12.7 Å². The van der Waals surface area contributed by atoms with E-state index >= 15 is 0 Å². The Bertz CT molecular complexity index is 1290. The molecule has 0 aromatic heterocycles. The summed E-state index contributed by atoms with van der Waals surface area (Å²) < 4.78 is 27.0. The van der Waals surface area contributed by atoms with E-state index in [4.69, 9.17) is 13.8 Å². The first-order chi connectivity index (χ1) is 30.3. The molecule has 10 heteroatoms. The van der Waals surface area contributed by atoms with Crippen molar-refractivity contribution in [3.8, 4) is 0 Å². The van der Waals surface area contributed by atoms with Crippen LogP contribution < -0.4 is 5.32 Å². The molecule has 0 aliphatic carbocycles. The molecule has 9 nitrogen and oxygen atoms in total. The lowest BCUT2D eigenvalue weighted by Gasteiger charge is -2.15. The number of nitrogens with one attached hydrogen (secondary N) is 1. The van der Waals surface area contributed by atoms with Crippen LogP contribution in [0.1, 0.15) is 200 Å². The van der Waals surface area contributed by atoms with Gasteiger partial charge in [-0.2, -0.15) is 0 Å². The summed E-state index contributed by atoms with van der Waals surface area (Å²) in [6, 6.07) is 0. The van der Waals surface area contributed by atoms with Crippen LogP contribution in [0.25, 0.3) is 0 Å². The molecule has 0 saturated carbocycles. The van der Waals surface area contributed by atoms with Gasteiger partial charge in [0.25, 0.3) is 0 Å². The van der Waals surface area contributed by atoms with Crippen molar-refractivity contribution in [2.45, 2.75) is 206 Å². The summed E-state index contributed by atoms with van der Waals surface area (Å²) >= 11 is 0. The van der Waals surface area contributed by atoms with Gasteiger partial charge in [0.15, 0.2) is 0 Å². The number of rotatable bonds is 45. The van der Waals surface area contributed by atoms with Gasteiger partial charge in [-0.15, -0.1) is 0 Å². The Balaban J connectivity index is 3.63. The fraction of sp³-hybridized carbons (Fsp3) is 0.692. The molecule has 2 atom stereocenters. The van der Waals surface area contributed by atoms with E-state index in [0.29, 0.717) is 6.42 Å². The molecule has 2 unspecified atom stereocenters. The van der Waals surface area contributed by atoms with Crippen LogP contribution in [0.3, 0.4) is 0 Å². The summed E-state index contributed by atoms with van der Waals surface area (Å²) in [4.78, 5) is 34.0. The van der Waals surface area contributed by atoms with E-state index < -0.39 is 26.5 Å². The normalized spacial score (nSPS) is 13.9. The predicted octanol–water partition coefficient (Wildman–Crippen LogP) is 14.4. The Morgan fingerprint density at radius 1 is 0.516 bits per heavy atom. The number of hydrogen-bond acceptors (Lipinski definition) is 7. The third kappa shape index (κ3) is 48.2. The number of aliphatic hydroxyl groups excluding tert-OH is 1. The molecule has 0 saturated heterocycles. The number of phosphoric acid groups is 1. The second-order valence-corrected chi connectivity index (χ2v) is 17.5. The minimum Gasteiger partial charge on any atom is -0.463 e. The first kappa shape index (κ1) is 59.2. The quantitative estimate of drug-likeness (QED) is 0.0238. The summed E-state index contributed by atoms with van der Waals surface area (Å²) in [6.45, 7) is 3.40. The highest BCUT2D eigenvalue weighted by Gasteiger charge is 2.23. The van der Waals surface area contributed by atoms with E-state index in [-0.39, 0.29) is 32.1 Å². The van der Waals surface area contributed by atoms with Crippen LogP contribution in [-0.4, -0.2) is 54.3 Å². The zero-order valence-corrected chi connectivity index (χ0v) is 40.2. The van der Waals surface area contributed by atoms with Crippen LogP contribution in [0, 0.1) is 0 Å². The van der Waals surface area contributed by atoms with Gasteiger partial charge in [0, 0.05) is 19.4 Å². The van der Waals surface area contributed by atoms with Crippen molar-refractivity contribution in [2.24, 2.45) is 0 Å². The lowest BCUT2D eigenvalue weighted by molar-refractivity contribution is -0.147. The first-order valence-corrected chi connectivity index (χ1v) is 26.1. The van der Waals surface area contributed by atoms with E-state index in [1.165, 1.54) is 77.0 Å². The van der Waals surface area contributed by atoms with Crippen LogP contribution >= 0.6 is 7.82 Å². The molecular weight excluding hydrogens is 798 g/mol. The minimum absolute atomic E-state index is 0.0719. The zero-order valence-electron chi connectivity index (χ0n) is 39.3. The highest BCUT2D eigenvalue weighted by atomic mass is 31.2. The molecule has 356 valence electrons. The van der Waals surface area contributed by atoms with E-state index in [0.717, 1.165) is 96.3 Å². The van der Waals surface area contributed by atoms with E-state index in [9.17, 15) is 24.2 Å². The van der Waals surface area contributed by atoms with Gasteiger partial charge in [-0.1, -0.05) is 182 Å². The largest absolute Gasteiger partial charge is 0.472 e. The maximum absolute atomic E-state index is 12.1. The van der Waals surface area contributed by atoms with Crippen molar-refractivity contribution in [1.29, 1.82) is 0 Å². The summed E-state index contributed by atoms with van der Waals surface area (Å²) in [5, 5.41) is 12.7. The Labute approximate surface area is 379 Å². The molecule has 0 rings (SSSR count). The number of ether oxygens (including phenoxy) is 1. The van der Waals surface area contributed by atoms with Crippen LogP contribution in [0.5, 0.6) is 0 Å². The smallest absolute Gasteiger partial charge is 0.463 e. The summed E-state index contributed by atoms with van der Waals surface area (Å²) in [7, 11) is -4.43. The Kier molecular flexibility index (Phi) is 45.5. The average Bonchev–Trinajstić information content (AvgIpc) is 3.26. The lowest BCUT2D eigenvalue weighted by Crippen LogP contribution is -2.27. The highest BCUT2D eigenvalue weighted by Crippen LogP contribution is 2.42. The van der Waals surface area contributed by atoms with Gasteiger partial charge < -0.3 is 20.1 Å². The zero-order chi connectivity index (χ0) is 45.3. The van der Waals surface area contributed by atoms with Crippen molar-refractivity contribution in [1.82, 2.24) is 5.32 Å². The van der Waals surface area contributed by atoms with Gasteiger partial charge >= 0.3 is 13.8 Å². The van der Waals surface area contributed by atoms with E-state index in [1.807, 2.05) is 0 Å². The topological polar surface area (TPSA) is 131 Å². The number of unbranched alkanes of at least 4 members (excludes halogenated alkanes) is 18. The fourth-order valence-electron chi connectivity index (χ4n) is 6.38. The average molecular weight is 888 g/mol. The molecule has 0 spiro atoms. The van der Waals surface area contributed by atoms with Crippen molar-refractivity contribution < 1.29 is 37.9 Å². The Morgan fingerprint density at radius 2 is 0.919 bits per heavy atom. The third-order valence-corrected chi connectivity index (χ3v) is 11.0. The first-order valence-electron chi connectivity index (χ1n) is 24.6. The maximum atomic E-state index is 12.1. The highest BCUT2D eigenvalue weighted by molar-refractivity contribution is 7.47. The number of carbonyl (C=O) groups is 2. The molecule has 0 aromatic carbocycles. The molecule has 3 N–H and O–H groups in total. The van der Waals surface area contributed by atoms with Gasteiger partial charge in [0.2, 0.25) is 5.91 Å². The molecule has 62 heavy (non-hydrogen) atoms. The van der Waals surface area contributed by atoms with Gasteiger partial charge in [0.05, 0.1) is 13.2 Å². The monoisotopic (exact) mass is 888 g/mol. The lowest BCUT2D eigenvalue weighted by atomic mass is 10.1. The number of carbonyl (C=O) groups excluding carboxylic acids is 2. The van der Waals surface area contributed by atoms with Crippen molar-refractivity contribution in [2.75, 3.05) is 26.4 Å². The second-order valence-electron chi connectivity index (χ2n) is 16.0. The van der Waals surface area contributed by atoms with Crippen LogP contribution in [0.4, 0.5) is 0 Å². The van der Waals surface area contributed by atoms with E-state index in [1.54, 1.807) is 0 Å². The maximum Gasteiger partial charge on any atom is 0.472 e. The molecule has 1 amide bonds. The summed E-state index contributed by atoms with van der Waals surface area (Å²) in [6.07, 6.45) is 60.8. The van der Waals surface area contributed by atoms with Gasteiger partial charge in [-0.05, 0) is 89.9 Å². The molecule has 0 aliphatic rings. The molecular formula is C52H90NO8P. The van der Waals surface area contributed by atoms with Gasteiger partial charge in [-0.3, -0.25) is 18.6 Å². The molecule has 0 radical (unpaired) electrons. The van der Waals surface area contributed by atoms with Gasteiger partial charge in [-0.25, -0.2) is 4.57 Å². The van der Waals surface area contributed by atoms with Crippen LogP contribution in [0.15, 0.2) is 85.1 Å². The number of esters is 1. The second kappa shape index (κ2) is 47.7. The number of allylic oxidation sites excluding steroid dienone is 14. The predicted molar refractivity (Wildman–Crippen MR) is 261 cm³/mol. The van der Waals surface area contributed by atoms with Crippen molar-refractivity contribution in [3.63, 3.8) is 0 Å². The molecule has 0 aliphatic heterocycles.